The van der Waals surface area contributed by atoms with Gasteiger partial charge in [0, 0.05) is 19.0 Å². The lowest BCUT2D eigenvalue weighted by molar-refractivity contribution is 0.0602. The number of thiophene rings is 1. The molecule has 2 N–H and O–H groups in total. The van der Waals surface area contributed by atoms with Crippen molar-refractivity contribution in [1.82, 2.24) is 0 Å². The van der Waals surface area contributed by atoms with Crippen LogP contribution in [-0.2, 0) is 9.47 Å². The van der Waals surface area contributed by atoms with Crippen LogP contribution in [0.25, 0.3) is 0 Å². The highest BCUT2D eigenvalue weighted by atomic mass is 32.1. The zero-order valence-electron chi connectivity index (χ0n) is 11.9. The van der Waals surface area contributed by atoms with Gasteiger partial charge in [-0.25, -0.2) is 4.79 Å². The number of nitrogens with zero attached hydrogens (tertiary/aromatic N) is 1. The highest BCUT2D eigenvalue weighted by molar-refractivity contribution is 7.19. The summed E-state index contributed by atoms with van der Waals surface area (Å²) in [6.45, 7) is 2.57. The molecule has 0 spiro atoms. The number of morpholine rings is 1. The Morgan fingerprint density at radius 2 is 2.00 bits per heavy atom. The molecule has 1 aliphatic carbocycles. The Balaban J connectivity index is 2.01. The van der Waals surface area contributed by atoms with Crippen LogP contribution in [0.1, 0.15) is 32.9 Å². The molecule has 0 bridgehead atoms. The van der Waals surface area contributed by atoms with Crippen molar-refractivity contribution in [3.05, 3.63) is 10.4 Å². The van der Waals surface area contributed by atoms with Crippen molar-refractivity contribution in [2.45, 2.75) is 12.8 Å². The van der Waals surface area contributed by atoms with E-state index in [4.69, 9.17) is 15.2 Å². The van der Waals surface area contributed by atoms with E-state index in [-0.39, 0.29) is 17.4 Å². The minimum absolute atomic E-state index is 0.0576. The number of hydrogen-bond acceptors (Lipinski definition) is 7. The largest absolute Gasteiger partial charge is 0.465 e. The summed E-state index contributed by atoms with van der Waals surface area (Å²) in [6.07, 6.45) is 1.83. The predicted octanol–water partition coefficient (Wildman–Crippen LogP) is 1.55. The lowest BCUT2D eigenvalue weighted by atomic mass is 10.1. The van der Waals surface area contributed by atoms with Gasteiger partial charge in [-0.1, -0.05) is 0 Å². The van der Waals surface area contributed by atoms with Crippen LogP contribution in [0.5, 0.6) is 0 Å². The Kier molecular flexibility index (Phi) is 3.86. The summed E-state index contributed by atoms with van der Waals surface area (Å²) < 4.78 is 10.2. The molecule has 0 aromatic carbocycles. The number of hydrogen-bond donors (Lipinski definition) is 1. The minimum Gasteiger partial charge on any atom is -0.465 e. The van der Waals surface area contributed by atoms with Crippen LogP contribution in [0.2, 0.25) is 0 Å². The van der Waals surface area contributed by atoms with E-state index in [0.717, 1.165) is 17.8 Å². The fourth-order valence-corrected chi connectivity index (χ4v) is 3.71. The lowest BCUT2D eigenvalue weighted by Gasteiger charge is -2.28. The number of carbonyl (C=O) groups is 2. The van der Waals surface area contributed by atoms with Crippen molar-refractivity contribution >= 4 is 33.8 Å². The summed E-state index contributed by atoms with van der Waals surface area (Å²) in [5, 5.41) is 0.728. The van der Waals surface area contributed by atoms with Crippen molar-refractivity contribution < 1.29 is 19.1 Å². The maximum absolute atomic E-state index is 12.3. The third-order valence-corrected chi connectivity index (χ3v) is 5.07. The SMILES string of the molecule is COC(=O)c1c(N2CCOCC2)sc(C(=O)C2CC2)c1N. The fraction of sp³-hybridized carbons (Fsp3) is 0.571. The number of anilines is 2. The number of ketones is 1. The molecule has 1 aromatic heterocycles. The number of carbonyl (C=O) groups excluding carboxylic acids is 2. The third kappa shape index (κ3) is 2.63. The van der Waals surface area contributed by atoms with Gasteiger partial charge in [0.25, 0.3) is 0 Å². The molecule has 0 unspecified atom stereocenters. The number of esters is 1. The number of ether oxygens (including phenoxy) is 2. The number of rotatable bonds is 4. The molecule has 1 saturated heterocycles. The second kappa shape index (κ2) is 5.65. The molecule has 2 heterocycles. The fourth-order valence-electron chi connectivity index (χ4n) is 2.43. The highest BCUT2D eigenvalue weighted by Crippen LogP contribution is 2.43. The first-order chi connectivity index (χ1) is 10.1. The Morgan fingerprint density at radius 1 is 1.33 bits per heavy atom. The Morgan fingerprint density at radius 3 is 2.57 bits per heavy atom. The van der Waals surface area contributed by atoms with Gasteiger partial charge in [0.05, 0.1) is 30.9 Å². The second-order valence-corrected chi connectivity index (χ2v) is 6.25. The van der Waals surface area contributed by atoms with Crippen molar-refractivity contribution in [2.24, 2.45) is 5.92 Å². The summed E-state index contributed by atoms with van der Waals surface area (Å²) in [6, 6.07) is 0. The van der Waals surface area contributed by atoms with E-state index in [0.29, 0.717) is 36.7 Å². The van der Waals surface area contributed by atoms with Gasteiger partial charge in [0.1, 0.15) is 10.6 Å². The zero-order chi connectivity index (χ0) is 15.0. The Labute approximate surface area is 126 Å². The average Bonchev–Trinajstić information content (AvgIpc) is 3.30. The van der Waals surface area contributed by atoms with Crippen LogP contribution in [0.3, 0.4) is 0 Å². The molecule has 2 fully saturated rings. The van der Waals surface area contributed by atoms with Gasteiger partial charge in [-0.15, -0.1) is 11.3 Å². The molecular formula is C14H18N2O4S. The maximum atomic E-state index is 12.3. The third-order valence-electron chi connectivity index (χ3n) is 3.79. The van der Waals surface area contributed by atoms with Gasteiger partial charge in [0.2, 0.25) is 0 Å². The maximum Gasteiger partial charge on any atom is 0.343 e. The quantitative estimate of drug-likeness (QED) is 0.671. The number of nitrogens with two attached hydrogens (primary N) is 1. The first-order valence-electron chi connectivity index (χ1n) is 7.01. The van der Waals surface area contributed by atoms with Gasteiger partial charge in [-0.05, 0) is 12.8 Å². The summed E-state index contributed by atoms with van der Waals surface area (Å²) in [4.78, 5) is 26.9. The van der Waals surface area contributed by atoms with Crippen molar-refractivity contribution in [1.29, 1.82) is 0 Å². The molecule has 7 heteroatoms. The summed E-state index contributed by atoms with van der Waals surface area (Å²) in [5.41, 5.74) is 6.68. The Hall–Kier alpha value is -1.60. The predicted molar refractivity (Wildman–Crippen MR) is 80.2 cm³/mol. The molecular weight excluding hydrogens is 292 g/mol. The molecule has 0 amide bonds. The molecule has 3 rings (SSSR count). The smallest absolute Gasteiger partial charge is 0.343 e. The molecule has 0 radical (unpaired) electrons. The molecule has 2 aliphatic rings. The lowest BCUT2D eigenvalue weighted by Crippen LogP contribution is -2.36. The minimum atomic E-state index is -0.486. The van der Waals surface area contributed by atoms with E-state index in [1.54, 1.807) is 0 Å². The van der Waals surface area contributed by atoms with Gasteiger partial charge in [0.15, 0.2) is 5.78 Å². The van der Waals surface area contributed by atoms with Crippen LogP contribution in [0.4, 0.5) is 10.7 Å². The molecule has 6 nitrogen and oxygen atoms in total. The van der Waals surface area contributed by atoms with E-state index in [9.17, 15) is 9.59 Å². The second-order valence-electron chi connectivity index (χ2n) is 5.25. The highest BCUT2D eigenvalue weighted by Gasteiger charge is 2.36. The van der Waals surface area contributed by atoms with Gasteiger partial charge >= 0.3 is 5.97 Å². The van der Waals surface area contributed by atoms with Gasteiger partial charge in [-0.2, -0.15) is 0 Å². The first kappa shape index (κ1) is 14.3. The average molecular weight is 310 g/mol. The topological polar surface area (TPSA) is 81.9 Å². The summed E-state index contributed by atoms with van der Waals surface area (Å²) >= 11 is 1.31. The monoisotopic (exact) mass is 310 g/mol. The summed E-state index contributed by atoms with van der Waals surface area (Å²) in [5.74, 6) is -0.351. The van der Waals surface area contributed by atoms with Gasteiger partial charge in [-0.3, -0.25) is 4.79 Å². The molecule has 0 atom stereocenters. The summed E-state index contributed by atoms with van der Waals surface area (Å²) in [7, 11) is 1.32. The van der Waals surface area contributed by atoms with E-state index >= 15 is 0 Å². The molecule has 21 heavy (non-hydrogen) atoms. The Bertz CT molecular complexity index is 574. The van der Waals surface area contributed by atoms with Crippen LogP contribution >= 0.6 is 11.3 Å². The van der Waals surface area contributed by atoms with E-state index < -0.39 is 5.97 Å². The van der Waals surface area contributed by atoms with Crippen LogP contribution < -0.4 is 10.6 Å². The number of Topliss-reactive ketones (excluding diaryl/α,β-unsaturated/α-hetero) is 1. The zero-order valence-corrected chi connectivity index (χ0v) is 12.7. The van der Waals surface area contributed by atoms with Gasteiger partial charge < -0.3 is 20.1 Å². The molecule has 114 valence electrons. The standard InChI is InChI=1S/C14H18N2O4S/c1-19-14(18)9-10(15)12(11(17)8-2-3-8)21-13(9)16-4-6-20-7-5-16/h8H,2-7,15H2,1H3. The first-order valence-corrected chi connectivity index (χ1v) is 7.82. The normalized spacial score (nSPS) is 18.6. The van der Waals surface area contributed by atoms with E-state index in [1.165, 1.54) is 18.4 Å². The molecule has 1 saturated carbocycles. The van der Waals surface area contributed by atoms with Crippen molar-refractivity contribution in [2.75, 3.05) is 44.0 Å². The molecule has 1 aliphatic heterocycles. The van der Waals surface area contributed by atoms with Crippen LogP contribution in [0, 0.1) is 5.92 Å². The van der Waals surface area contributed by atoms with Crippen molar-refractivity contribution in [3.8, 4) is 0 Å². The number of nitrogen functional groups attached to an aromatic ring is 1. The van der Waals surface area contributed by atoms with Crippen LogP contribution in [0.15, 0.2) is 0 Å². The number of methoxy groups -OCH3 is 1. The van der Waals surface area contributed by atoms with E-state index in [1.807, 2.05) is 4.90 Å². The van der Waals surface area contributed by atoms with Crippen molar-refractivity contribution in [3.63, 3.8) is 0 Å². The van der Waals surface area contributed by atoms with E-state index in [2.05, 4.69) is 0 Å². The molecule has 1 aromatic rings. The van der Waals surface area contributed by atoms with Crippen LogP contribution in [-0.4, -0.2) is 45.2 Å².